The minimum atomic E-state index is -3.56. The van der Waals surface area contributed by atoms with Gasteiger partial charge in [-0.15, -0.1) is 0 Å². The molecule has 0 aromatic carbocycles. The van der Waals surface area contributed by atoms with E-state index in [-0.39, 0.29) is 5.03 Å². The Balaban J connectivity index is 1.48. The third-order valence-electron chi connectivity index (χ3n) is 4.23. The van der Waals surface area contributed by atoms with E-state index in [0.717, 1.165) is 5.82 Å². The van der Waals surface area contributed by atoms with E-state index in [1.807, 2.05) is 23.2 Å². The fourth-order valence-electron chi connectivity index (χ4n) is 2.85. The zero-order valence-electron chi connectivity index (χ0n) is 14.2. The van der Waals surface area contributed by atoms with Crippen LogP contribution in [0, 0.1) is 0 Å². The highest BCUT2D eigenvalue weighted by Crippen LogP contribution is 2.19. The van der Waals surface area contributed by atoms with Crippen LogP contribution in [0.5, 0.6) is 0 Å². The van der Waals surface area contributed by atoms with E-state index in [4.69, 9.17) is 0 Å². The molecule has 0 spiro atoms. The first-order valence-corrected chi connectivity index (χ1v) is 9.53. The average molecular weight is 374 g/mol. The molecule has 0 unspecified atom stereocenters. The minimum Gasteiger partial charge on any atom is -0.354 e. The molecular formula is C15H18N8O2S. The predicted octanol–water partition coefficient (Wildman–Crippen LogP) is -0.0933. The lowest BCUT2D eigenvalue weighted by Gasteiger charge is -2.34. The molecule has 1 fully saturated rings. The SMILES string of the molecule is Cn1cnc(S(=O)(=O)N2CCN(c3cc(-n4cccn4)ncn3)CC2)c1. The third kappa shape index (κ3) is 3.06. The molecule has 11 heteroatoms. The standard InChI is InChI=1S/C15H18N8O2S/c1-20-10-15(18-12-20)26(24,25)22-7-5-21(6-8-22)13-9-14(17-11-16-13)23-4-2-3-19-23/h2-4,9-12H,5-8H2,1H3. The van der Waals surface area contributed by atoms with Gasteiger partial charge < -0.3 is 9.47 Å². The molecule has 0 aliphatic carbocycles. The summed E-state index contributed by atoms with van der Waals surface area (Å²) in [6.45, 7) is 1.84. The largest absolute Gasteiger partial charge is 0.354 e. The summed E-state index contributed by atoms with van der Waals surface area (Å²) >= 11 is 0. The molecule has 26 heavy (non-hydrogen) atoms. The van der Waals surface area contributed by atoms with E-state index in [9.17, 15) is 8.42 Å². The molecule has 136 valence electrons. The van der Waals surface area contributed by atoms with Crippen LogP contribution in [0.4, 0.5) is 5.82 Å². The molecule has 0 amide bonds. The van der Waals surface area contributed by atoms with Gasteiger partial charge in [-0.05, 0) is 6.07 Å². The number of aromatic nitrogens is 6. The van der Waals surface area contributed by atoms with E-state index < -0.39 is 10.0 Å². The summed E-state index contributed by atoms with van der Waals surface area (Å²) < 4.78 is 30.0. The molecule has 4 heterocycles. The maximum atomic E-state index is 12.6. The lowest BCUT2D eigenvalue weighted by Crippen LogP contribution is -2.49. The zero-order valence-corrected chi connectivity index (χ0v) is 15.0. The van der Waals surface area contributed by atoms with E-state index in [2.05, 4.69) is 20.1 Å². The smallest absolute Gasteiger partial charge is 0.262 e. The van der Waals surface area contributed by atoms with E-state index in [1.54, 1.807) is 22.5 Å². The molecule has 0 radical (unpaired) electrons. The highest BCUT2D eigenvalue weighted by molar-refractivity contribution is 7.89. The predicted molar refractivity (Wildman–Crippen MR) is 93.3 cm³/mol. The molecule has 3 aromatic rings. The van der Waals surface area contributed by atoms with Crippen molar-refractivity contribution in [2.75, 3.05) is 31.1 Å². The summed E-state index contributed by atoms with van der Waals surface area (Å²) in [5.74, 6) is 1.42. The van der Waals surface area contributed by atoms with Crippen molar-refractivity contribution in [1.82, 2.24) is 33.6 Å². The average Bonchev–Trinajstić information content (AvgIpc) is 3.34. The normalized spacial score (nSPS) is 16.1. The Hall–Kier alpha value is -2.79. The molecule has 0 bridgehead atoms. The maximum absolute atomic E-state index is 12.6. The van der Waals surface area contributed by atoms with Gasteiger partial charge >= 0.3 is 0 Å². The Labute approximate surface area is 150 Å². The van der Waals surface area contributed by atoms with Crippen LogP contribution in [0.1, 0.15) is 0 Å². The lowest BCUT2D eigenvalue weighted by molar-refractivity contribution is 0.382. The number of hydrogen-bond donors (Lipinski definition) is 0. The molecule has 4 rings (SSSR count). The van der Waals surface area contributed by atoms with Crippen LogP contribution in [-0.2, 0) is 17.1 Å². The van der Waals surface area contributed by atoms with Gasteiger partial charge in [-0.3, -0.25) is 0 Å². The summed E-state index contributed by atoms with van der Waals surface area (Å²) in [6.07, 6.45) is 7.99. The van der Waals surface area contributed by atoms with Gasteiger partial charge in [0.25, 0.3) is 10.0 Å². The van der Waals surface area contributed by atoms with Gasteiger partial charge in [0.2, 0.25) is 0 Å². The van der Waals surface area contributed by atoms with Crippen LogP contribution in [0.3, 0.4) is 0 Å². The van der Waals surface area contributed by atoms with Crippen molar-refractivity contribution < 1.29 is 8.42 Å². The second-order valence-electron chi connectivity index (χ2n) is 5.95. The van der Waals surface area contributed by atoms with Crippen LogP contribution < -0.4 is 4.90 Å². The van der Waals surface area contributed by atoms with Crippen LogP contribution in [-0.4, -0.2) is 68.2 Å². The van der Waals surface area contributed by atoms with Crippen molar-refractivity contribution in [3.63, 3.8) is 0 Å². The minimum absolute atomic E-state index is 0.0801. The zero-order chi connectivity index (χ0) is 18.1. The Morgan fingerprint density at radius 3 is 2.46 bits per heavy atom. The second kappa shape index (κ2) is 6.50. The van der Waals surface area contributed by atoms with Crippen LogP contribution in [0.2, 0.25) is 0 Å². The van der Waals surface area contributed by atoms with Gasteiger partial charge in [0.15, 0.2) is 10.8 Å². The van der Waals surface area contributed by atoms with Crippen molar-refractivity contribution in [2.24, 2.45) is 7.05 Å². The molecule has 1 saturated heterocycles. The summed E-state index contributed by atoms with van der Waals surface area (Å²) in [4.78, 5) is 14.5. The summed E-state index contributed by atoms with van der Waals surface area (Å²) in [5, 5.41) is 4.24. The molecule has 0 saturated carbocycles. The maximum Gasteiger partial charge on any atom is 0.262 e. The van der Waals surface area contributed by atoms with Crippen molar-refractivity contribution in [2.45, 2.75) is 5.03 Å². The van der Waals surface area contributed by atoms with Crippen LogP contribution >= 0.6 is 0 Å². The number of imidazole rings is 1. The van der Waals surface area contributed by atoms with Gasteiger partial charge in [-0.25, -0.2) is 28.1 Å². The first-order chi connectivity index (χ1) is 12.5. The number of anilines is 1. The summed E-state index contributed by atoms with van der Waals surface area (Å²) in [5.41, 5.74) is 0. The highest BCUT2D eigenvalue weighted by atomic mass is 32.2. The van der Waals surface area contributed by atoms with Gasteiger partial charge in [-0.1, -0.05) is 0 Å². The molecule has 1 aliphatic heterocycles. The second-order valence-corrected chi connectivity index (χ2v) is 7.84. The number of sulfonamides is 1. The van der Waals surface area contributed by atoms with Gasteiger partial charge in [0.05, 0.1) is 6.33 Å². The Morgan fingerprint density at radius 2 is 1.81 bits per heavy atom. The Kier molecular flexibility index (Phi) is 4.17. The number of nitrogens with zero attached hydrogens (tertiary/aromatic N) is 8. The topological polar surface area (TPSA) is 102 Å². The quantitative estimate of drug-likeness (QED) is 0.629. The van der Waals surface area contributed by atoms with E-state index in [0.29, 0.717) is 32.0 Å². The first-order valence-electron chi connectivity index (χ1n) is 8.09. The Bertz CT molecular complexity index is 990. The number of rotatable bonds is 4. The molecule has 0 N–H and O–H groups in total. The first kappa shape index (κ1) is 16.7. The van der Waals surface area contributed by atoms with E-state index >= 15 is 0 Å². The molecule has 3 aromatic heterocycles. The van der Waals surface area contributed by atoms with Gasteiger partial charge in [0.1, 0.15) is 12.1 Å². The van der Waals surface area contributed by atoms with Crippen molar-refractivity contribution in [3.8, 4) is 5.82 Å². The van der Waals surface area contributed by atoms with Gasteiger partial charge in [-0.2, -0.15) is 9.40 Å². The van der Waals surface area contributed by atoms with Gasteiger partial charge in [0, 0.05) is 57.9 Å². The Morgan fingerprint density at radius 1 is 1.04 bits per heavy atom. The van der Waals surface area contributed by atoms with Crippen LogP contribution in [0.25, 0.3) is 5.82 Å². The number of hydrogen-bond acceptors (Lipinski definition) is 7. The number of piperazine rings is 1. The highest BCUT2D eigenvalue weighted by Gasteiger charge is 2.30. The molecule has 1 aliphatic rings. The summed E-state index contributed by atoms with van der Waals surface area (Å²) in [6, 6.07) is 3.67. The number of aryl methyl sites for hydroxylation is 1. The fourth-order valence-corrected chi connectivity index (χ4v) is 4.24. The van der Waals surface area contributed by atoms with E-state index in [1.165, 1.54) is 23.2 Å². The van der Waals surface area contributed by atoms with Crippen LogP contribution in [0.15, 0.2) is 48.4 Å². The summed E-state index contributed by atoms with van der Waals surface area (Å²) in [7, 11) is -1.82. The van der Waals surface area contributed by atoms with Crippen molar-refractivity contribution in [1.29, 1.82) is 0 Å². The molecule has 0 atom stereocenters. The van der Waals surface area contributed by atoms with Crippen molar-refractivity contribution >= 4 is 15.8 Å². The molecule has 10 nitrogen and oxygen atoms in total. The third-order valence-corrected chi connectivity index (χ3v) is 6.01. The van der Waals surface area contributed by atoms with Crippen molar-refractivity contribution in [3.05, 3.63) is 43.4 Å². The fraction of sp³-hybridized carbons (Fsp3) is 0.333. The molecular weight excluding hydrogens is 356 g/mol. The monoisotopic (exact) mass is 374 g/mol. The lowest BCUT2D eigenvalue weighted by atomic mass is 10.3.